The molecule has 2 aromatic rings. The number of aromatic nitrogens is 3. The van der Waals surface area contributed by atoms with Crippen molar-refractivity contribution < 1.29 is 0 Å². The minimum atomic E-state index is -0.190. The molecule has 17 heavy (non-hydrogen) atoms. The summed E-state index contributed by atoms with van der Waals surface area (Å²) in [7, 11) is 0. The second-order valence-electron chi connectivity index (χ2n) is 4.64. The molecule has 4 heteroatoms. The predicted octanol–water partition coefficient (Wildman–Crippen LogP) is 1.63. The Morgan fingerprint density at radius 2 is 1.94 bits per heavy atom. The van der Waals surface area contributed by atoms with E-state index in [2.05, 4.69) is 41.2 Å². The first-order chi connectivity index (χ1) is 8.14. The van der Waals surface area contributed by atoms with Crippen molar-refractivity contribution >= 4 is 0 Å². The van der Waals surface area contributed by atoms with E-state index in [1.54, 1.807) is 0 Å². The number of benzene rings is 1. The van der Waals surface area contributed by atoms with E-state index in [9.17, 15) is 0 Å². The molecule has 0 fully saturated rings. The molecular formula is C13H18N4. The highest BCUT2D eigenvalue weighted by Crippen LogP contribution is 2.28. The van der Waals surface area contributed by atoms with Gasteiger partial charge in [-0.3, -0.25) is 5.10 Å². The van der Waals surface area contributed by atoms with Gasteiger partial charge in [-0.25, -0.2) is 4.98 Å². The summed E-state index contributed by atoms with van der Waals surface area (Å²) in [6.07, 6.45) is 0.734. The van der Waals surface area contributed by atoms with Crippen LogP contribution < -0.4 is 5.73 Å². The highest BCUT2D eigenvalue weighted by molar-refractivity contribution is 5.30. The number of hydrogen-bond donors (Lipinski definition) is 2. The molecule has 0 aliphatic carbocycles. The quantitative estimate of drug-likeness (QED) is 0.839. The van der Waals surface area contributed by atoms with Gasteiger partial charge >= 0.3 is 0 Å². The van der Waals surface area contributed by atoms with Gasteiger partial charge in [0, 0.05) is 6.42 Å². The zero-order valence-electron chi connectivity index (χ0n) is 10.3. The van der Waals surface area contributed by atoms with E-state index in [4.69, 9.17) is 5.73 Å². The van der Waals surface area contributed by atoms with Gasteiger partial charge in [-0.1, -0.05) is 30.3 Å². The molecule has 0 spiro atoms. The summed E-state index contributed by atoms with van der Waals surface area (Å²) < 4.78 is 0. The molecule has 0 atom stereocenters. The number of rotatable bonds is 4. The molecule has 0 unspecified atom stereocenters. The lowest BCUT2D eigenvalue weighted by Crippen LogP contribution is -2.20. The molecule has 4 nitrogen and oxygen atoms in total. The van der Waals surface area contributed by atoms with Crippen LogP contribution in [0.3, 0.4) is 0 Å². The number of nitrogens with one attached hydrogen (secondary N) is 1. The normalized spacial score (nSPS) is 11.7. The molecule has 0 saturated heterocycles. The fourth-order valence-electron chi connectivity index (χ4n) is 1.81. The van der Waals surface area contributed by atoms with E-state index < -0.39 is 0 Å². The van der Waals surface area contributed by atoms with Crippen molar-refractivity contribution in [1.82, 2.24) is 15.2 Å². The van der Waals surface area contributed by atoms with Crippen LogP contribution in [0.15, 0.2) is 30.3 Å². The van der Waals surface area contributed by atoms with Crippen molar-refractivity contribution in [3.8, 4) is 0 Å². The Labute approximate surface area is 101 Å². The summed E-state index contributed by atoms with van der Waals surface area (Å²) in [6.45, 7) is 4.83. The van der Waals surface area contributed by atoms with Gasteiger partial charge in [0.2, 0.25) is 0 Å². The first kappa shape index (κ1) is 11.8. The Balaban J connectivity index is 2.31. The van der Waals surface area contributed by atoms with Crippen LogP contribution in [-0.2, 0) is 11.8 Å². The van der Waals surface area contributed by atoms with Gasteiger partial charge in [0.1, 0.15) is 5.82 Å². The van der Waals surface area contributed by atoms with Crippen molar-refractivity contribution in [3.63, 3.8) is 0 Å². The van der Waals surface area contributed by atoms with E-state index in [1.807, 2.05) is 18.2 Å². The Morgan fingerprint density at radius 1 is 1.24 bits per heavy atom. The first-order valence-corrected chi connectivity index (χ1v) is 5.82. The third-order valence-corrected chi connectivity index (χ3v) is 2.97. The number of nitrogens with two attached hydrogens (primary N) is 1. The topological polar surface area (TPSA) is 67.6 Å². The second-order valence-corrected chi connectivity index (χ2v) is 4.64. The lowest BCUT2D eigenvalue weighted by molar-refractivity contribution is 0.593. The van der Waals surface area contributed by atoms with Gasteiger partial charge in [-0.2, -0.15) is 5.10 Å². The van der Waals surface area contributed by atoms with Crippen molar-refractivity contribution in [2.45, 2.75) is 25.7 Å². The van der Waals surface area contributed by atoms with E-state index in [1.165, 1.54) is 5.56 Å². The molecule has 2 rings (SSSR count). The minimum absolute atomic E-state index is 0.190. The summed E-state index contributed by atoms with van der Waals surface area (Å²) in [5.74, 6) is 1.67. The van der Waals surface area contributed by atoms with E-state index in [0.29, 0.717) is 6.54 Å². The first-order valence-electron chi connectivity index (χ1n) is 5.82. The smallest absolute Gasteiger partial charge is 0.160 e. The molecule has 1 heterocycles. The number of hydrogen-bond acceptors (Lipinski definition) is 3. The van der Waals surface area contributed by atoms with Gasteiger partial charge in [0.15, 0.2) is 5.82 Å². The van der Waals surface area contributed by atoms with Crippen molar-refractivity contribution in [2.24, 2.45) is 5.73 Å². The molecule has 1 aromatic carbocycles. The standard InChI is InChI=1S/C13H18N4/c1-13(2,10-6-4-3-5-7-10)12-15-11(8-9-14)16-17-12/h3-7H,8-9,14H2,1-2H3,(H,15,16,17). The lowest BCUT2D eigenvalue weighted by atomic mass is 9.84. The molecular weight excluding hydrogens is 212 g/mol. The molecule has 90 valence electrons. The van der Waals surface area contributed by atoms with Crippen molar-refractivity contribution in [2.75, 3.05) is 6.54 Å². The Morgan fingerprint density at radius 3 is 2.59 bits per heavy atom. The molecule has 0 saturated carbocycles. The summed E-state index contributed by atoms with van der Waals surface area (Å²) in [4.78, 5) is 4.50. The maximum Gasteiger partial charge on any atom is 0.160 e. The predicted molar refractivity (Wildman–Crippen MR) is 67.7 cm³/mol. The van der Waals surface area contributed by atoms with Crippen LogP contribution in [0.4, 0.5) is 0 Å². The molecule has 0 bridgehead atoms. The lowest BCUT2D eigenvalue weighted by Gasteiger charge is -2.21. The van der Waals surface area contributed by atoms with E-state index in [0.717, 1.165) is 18.1 Å². The summed E-state index contributed by atoms with van der Waals surface area (Å²) in [5, 5.41) is 7.23. The summed E-state index contributed by atoms with van der Waals surface area (Å²) in [5.41, 5.74) is 6.52. The maximum atomic E-state index is 5.50. The fourth-order valence-corrected chi connectivity index (χ4v) is 1.81. The molecule has 0 radical (unpaired) electrons. The third-order valence-electron chi connectivity index (χ3n) is 2.97. The van der Waals surface area contributed by atoms with Crippen LogP contribution in [-0.4, -0.2) is 21.7 Å². The largest absolute Gasteiger partial charge is 0.330 e. The molecule has 3 N–H and O–H groups in total. The molecule has 1 aromatic heterocycles. The summed E-state index contributed by atoms with van der Waals surface area (Å²) in [6, 6.07) is 10.3. The molecule has 0 aliphatic rings. The summed E-state index contributed by atoms with van der Waals surface area (Å²) >= 11 is 0. The maximum absolute atomic E-state index is 5.50. The third kappa shape index (κ3) is 2.36. The van der Waals surface area contributed by atoms with Crippen LogP contribution in [0.5, 0.6) is 0 Å². The van der Waals surface area contributed by atoms with Crippen LogP contribution in [0, 0.1) is 0 Å². The SMILES string of the molecule is CC(C)(c1ccccc1)c1n[nH]c(CCN)n1. The van der Waals surface area contributed by atoms with Gasteiger partial charge in [-0.15, -0.1) is 0 Å². The van der Waals surface area contributed by atoms with Gasteiger partial charge in [-0.05, 0) is 26.0 Å². The Bertz CT molecular complexity index is 473. The van der Waals surface area contributed by atoms with Gasteiger partial charge in [0.05, 0.1) is 5.41 Å². The highest BCUT2D eigenvalue weighted by Gasteiger charge is 2.27. The monoisotopic (exact) mass is 230 g/mol. The van der Waals surface area contributed by atoms with Gasteiger partial charge in [0.25, 0.3) is 0 Å². The highest BCUT2D eigenvalue weighted by atomic mass is 15.2. The van der Waals surface area contributed by atoms with Crippen LogP contribution >= 0.6 is 0 Å². The minimum Gasteiger partial charge on any atom is -0.330 e. The number of H-pyrrole nitrogens is 1. The number of nitrogens with zero attached hydrogens (tertiary/aromatic N) is 2. The average molecular weight is 230 g/mol. The molecule has 0 aliphatic heterocycles. The van der Waals surface area contributed by atoms with Crippen molar-refractivity contribution in [1.29, 1.82) is 0 Å². The van der Waals surface area contributed by atoms with Crippen LogP contribution in [0.2, 0.25) is 0 Å². The zero-order valence-corrected chi connectivity index (χ0v) is 10.3. The van der Waals surface area contributed by atoms with Crippen molar-refractivity contribution in [3.05, 3.63) is 47.5 Å². The van der Waals surface area contributed by atoms with Crippen LogP contribution in [0.25, 0.3) is 0 Å². The Kier molecular flexibility index (Phi) is 3.24. The van der Waals surface area contributed by atoms with E-state index >= 15 is 0 Å². The number of aromatic amines is 1. The fraction of sp³-hybridized carbons (Fsp3) is 0.385. The second kappa shape index (κ2) is 4.67. The van der Waals surface area contributed by atoms with E-state index in [-0.39, 0.29) is 5.41 Å². The van der Waals surface area contributed by atoms with Crippen LogP contribution in [0.1, 0.15) is 31.1 Å². The Hall–Kier alpha value is -1.68. The molecule has 0 amide bonds. The zero-order chi connectivity index (χ0) is 12.3. The van der Waals surface area contributed by atoms with Gasteiger partial charge < -0.3 is 5.73 Å². The average Bonchev–Trinajstić information content (AvgIpc) is 2.80.